The van der Waals surface area contributed by atoms with Crippen molar-refractivity contribution in [2.24, 2.45) is 0 Å². The molecule has 35 heavy (non-hydrogen) atoms. The average molecular weight is 458 g/mol. The number of ether oxygens (including phenoxy) is 2. The van der Waals surface area contributed by atoms with Gasteiger partial charge in [-0.3, -0.25) is 0 Å². The van der Waals surface area contributed by atoms with Gasteiger partial charge >= 0.3 is 0 Å². The lowest BCUT2D eigenvalue weighted by atomic mass is 9.35. The van der Waals surface area contributed by atoms with Crippen LogP contribution in [0.4, 0.5) is 0 Å². The predicted octanol–water partition coefficient (Wildman–Crippen LogP) is 4.02. The van der Waals surface area contributed by atoms with Crippen LogP contribution in [0.3, 0.4) is 0 Å². The van der Waals surface area contributed by atoms with Crippen molar-refractivity contribution in [2.45, 2.75) is 27.7 Å². The molecule has 0 radical (unpaired) electrons. The second kappa shape index (κ2) is 7.12. The topological polar surface area (TPSA) is 54.1 Å². The Morgan fingerprint density at radius 3 is 1.51 bits per heavy atom. The number of aryl methyl sites for hydroxylation is 4. The standard InChI is InChI=1S/C28H23BN4O2/c1-16-12-18(3)32(30-16)20-8-10-24-22(14-20)29-23-15-21(33-19(4)13-17(2)31-33)9-11-25(23)35-27-7-5-6-26(34-24)28(27)29/h5-15H,1-4H3. The molecule has 7 heteroatoms. The van der Waals surface area contributed by atoms with Gasteiger partial charge in [-0.15, -0.1) is 0 Å². The zero-order chi connectivity index (χ0) is 23.8. The summed E-state index contributed by atoms with van der Waals surface area (Å²) in [5.74, 6) is 3.38. The molecule has 170 valence electrons. The van der Waals surface area contributed by atoms with Crippen LogP contribution in [0.5, 0.6) is 23.0 Å². The molecule has 0 unspecified atom stereocenters. The van der Waals surface area contributed by atoms with Crippen LogP contribution in [-0.4, -0.2) is 26.3 Å². The summed E-state index contributed by atoms with van der Waals surface area (Å²) in [6.45, 7) is 8.16. The summed E-state index contributed by atoms with van der Waals surface area (Å²) in [5.41, 5.74) is 9.48. The lowest BCUT2D eigenvalue weighted by Gasteiger charge is -2.33. The summed E-state index contributed by atoms with van der Waals surface area (Å²) in [7, 11) is 0. The maximum Gasteiger partial charge on any atom is 0.260 e. The molecule has 0 aliphatic carbocycles. The molecule has 3 aromatic carbocycles. The van der Waals surface area contributed by atoms with Crippen LogP contribution >= 0.6 is 0 Å². The average Bonchev–Trinajstić information content (AvgIpc) is 3.37. The molecule has 0 saturated heterocycles. The number of hydrogen-bond donors (Lipinski definition) is 0. The third-order valence-corrected chi connectivity index (χ3v) is 6.87. The smallest absolute Gasteiger partial charge is 0.260 e. The van der Waals surface area contributed by atoms with Crippen molar-refractivity contribution in [2.75, 3.05) is 0 Å². The first-order valence-electron chi connectivity index (χ1n) is 11.8. The van der Waals surface area contributed by atoms with Gasteiger partial charge in [-0.1, -0.05) is 6.07 Å². The SMILES string of the molecule is Cc1cc(C)n(-c2ccc3c(c2)B2c4cc(-n5nc(C)cc5C)ccc4Oc4cccc(c42)O3)n1. The molecule has 4 heterocycles. The van der Waals surface area contributed by atoms with Gasteiger partial charge in [0.15, 0.2) is 0 Å². The zero-order valence-corrected chi connectivity index (χ0v) is 20.0. The number of nitrogens with zero attached hydrogens (tertiary/aromatic N) is 4. The van der Waals surface area contributed by atoms with E-state index in [1.165, 1.54) is 0 Å². The van der Waals surface area contributed by atoms with Gasteiger partial charge in [0.2, 0.25) is 0 Å². The Balaban J connectivity index is 1.46. The summed E-state index contributed by atoms with van der Waals surface area (Å²) in [6, 6.07) is 22.8. The molecule has 0 spiro atoms. The number of benzene rings is 3. The fraction of sp³-hybridized carbons (Fsp3) is 0.143. The highest BCUT2D eigenvalue weighted by Gasteiger charge is 2.40. The van der Waals surface area contributed by atoms with Crippen molar-refractivity contribution < 1.29 is 9.47 Å². The van der Waals surface area contributed by atoms with Crippen molar-refractivity contribution in [1.29, 1.82) is 0 Å². The molecule has 0 saturated carbocycles. The predicted molar refractivity (Wildman–Crippen MR) is 137 cm³/mol. The maximum atomic E-state index is 6.38. The van der Waals surface area contributed by atoms with Crippen LogP contribution in [0.1, 0.15) is 22.8 Å². The lowest BCUT2D eigenvalue weighted by Crippen LogP contribution is -2.57. The summed E-state index contributed by atoms with van der Waals surface area (Å²) in [5, 5.41) is 9.41. The highest BCUT2D eigenvalue weighted by atomic mass is 16.5. The van der Waals surface area contributed by atoms with E-state index in [2.05, 4.69) is 62.4 Å². The molecule has 0 amide bonds. The van der Waals surface area contributed by atoms with Gasteiger partial charge in [-0.25, -0.2) is 9.36 Å². The van der Waals surface area contributed by atoms with E-state index in [0.717, 1.165) is 73.5 Å². The first-order chi connectivity index (χ1) is 17.0. The minimum absolute atomic E-state index is 0.0254. The van der Waals surface area contributed by atoms with Crippen molar-refractivity contribution >= 4 is 23.1 Å². The molecule has 7 rings (SSSR count). The summed E-state index contributed by atoms with van der Waals surface area (Å²) in [6.07, 6.45) is 0. The van der Waals surface area contributed by atoms with Crippen LogP contribution in [0, 0.1) is 27.7 Å². The zero-order valence-electron chi connectivity index (χ0n) is 20.0. The van der Waals surface area contributed by atoms with Crippen molar-refractivity contribution in [1.82, 2.24) is 19.6 Å². The molecular weight excluding hydrogens is 435 g/mol. The summed E-state index contributed by atoms with van der Waals surface area (Å²) >= 11 is 0. The molecule has 0 atom stereocenters. The molecule has 2 aliphatic heterocycles. The van der Waals surface area contributed by atoms with E-state index in [4.69, 9.17) is 19.7 Å². The Labute approximate surface area is 203 Å². The Morgan fingerprint density at radius 1 is 0.600 bits per heavy atom. The number of fused-ring (bicyclic) bond motifs is 4. The van der Waals surface area contributed by atoms with Crippen LogP contribution < -0.4 is 25.9 Å². The molecule has 0 bridgehead atoms. The Morgan fingerprint density at radius 2 is 1.09 bits per heavy atom. The number of aromatic nitrogens is 4. The molecule has 2 aliphatic rings. The minimum Gasteiger partial charge on any atom is -0.458 e. The minimum atomic E-state index is -0.0254. The second-order valence-electron chi connectivity index (χ2n) is 9.43. The lowest BCUT2D eigenvalue weighted by molar-refractivity contribution is 0.464. The third kappa shape index (κ3) is 2.97. The first kappa shape index (κ1) is 20.1. The van der Waals surface area contributed by atoms with Crippen LogP contribution in [0.15, 0.2) is 66.7 Å². The van der Waals surface area contributed by atoms with Crippen LogP contribution in [-0.2, 0) is 0 Å². The van der Waals surface area contributed by atoms with E-state index in [1.54, 1.807) is 0 Å². The Bertz CT molecular complexity index is 1550. The fourth-order valence-corrected chi connectivity index (χ4v) is 5.45. The molecule has 0 N–H and O–H groups in total. The molecule has 0 fully saturated rings. The number of hydrogen-bond acceptors (Lipinski definition) is 4. The normalized spacial score (nSPS) is 13.0. The van der Waals surface area contributed by atoms with Crippen LogP contribution in [0.25, 0.3) is 11.4 Å². The van der Waals surface area contributed by atoms with Gasteiger partial charge in [-0.05, 0) is 99.3 Å². The fourth-order valence-electron chi connectivity index (χ4n) is 5.45. The van der Waals surface area contributed by atoms with E-state index in [9.17, 15) is 0 Å². The second-order valence-corrected chi connectivity index (χ2v) is 9.43. The highest BCUT2D eigenvalue weighted by Crippen LogP contribution is 2.35. The first-order valence-corrected chi connectivity index (χ1v) is 11.8. The monoisotopic (exact) mass is 458 g/mol. The van der Waals surface area contributed by atoms with E-state index in [-0.39, 0.29) is 6.71 Å². The quantitative estimate of drug-likeness (QED) is 0.368. The summed E-state index contributed by atoms with van der Waals surface area (Å²) < 4.78 is 16.7. The Hall–Kier alpha value is -4.26. The van der Waals surface area contributed by atoms with Gasteiger partial charge in [0.25, 0.3) is 6.71 Å². The van der Waals surface area contributed by atoms with E-state index < -0.39 is 0 Å². The number of rotatable bonds is 2. The molecule has 5 aromatic rings. The maximum absolute atomic E-state index is 6.38. The van der Waals surface area contributed by atoms with Gasteiger partial charge < -0.3 is 9.47 Å². The summed E-state index contributed by atoms with van der Waals surface area (Å²) in [4.78, 5) is 0. The van der Waals surface area contributed by atoms with Crippen LogP contribution in [0.2, 0.25) is 0 Å². The molecule has 2 aromatic heterocycles. The van der Waals surface area contributed by atoms with E-state index in [0.29, 0.717) is 0 Å². The van der Waals surface area contributed by atoms with Gasteiger partial charge in [-0.2, -0.15) is 10.2 Å². The van der Waals surface area contributed by atoms with Gasteiger partial charge in [0.1, 0.15) is 23.0 Å². The van der Waals surface area contributed by atoms with E-state index >= 15 is 0 Å². The molecule has 6 nitrogen and oxygen atoms in total. The van der Waals surface area contributed by atoms with E-state index in [1.807, 2.05) is 41.4 Å². The highest BCUT2D eigenvalue weighted by molar-refractivity contribution is 6.98. The Kier molecular flexibility index (Phi) is 4.10. The van der Waals surface area contributed by atoms with Crippen molar-refractivity contribution in [3.05, 3.63) is 89.5 Å². The van der Waals surface area contributed by atoms with Crippen molar-refractivity contribution in [3.8, 4) is 34.4 Å². The van der Waals surface area contributed by atoms with Gasteiger partial charge in [0.05, 0.1) is 22.8 Å². The molecular formula is C28H23BN4O2. The largest absolute Gasteiger partial charge is 0.458 e. The van der Waals surface area contributed by atoms with Crippen molar-refractivity contribution in [3.63, 3.8) is 0 Å². The van der Waals surface area contributed by atoms with Gasteiger partial charge in [0, 0.05) is 16.9 Å². The third-order valence-electron chi connectivity index (χ3n) is 6.87.